The normalized spacial score (nSPS) is 11.1. The maximum absolute atomic E-state index is 11.1. The van der Waals surface area contributed by atoms with Crippen molar-refractivity contribution in [3.63, 3.8) is 0 Å². The standard InChI is InChI=1S/C12H22O2/c1-4-5-6-7-8-9-14-12(13)10-11(2)3/h8-9,11H,4-7,10H2,1-3H3. The summed E-state index contributed by atoms with van der Waals surface area (Å²) in [6, 6.07) is 0. The second kappa shape index (κ2) is 8.79. The van der Waals surface area contributed by atoms with E-state index in [-0.39, 0.29) is 5.97 Å². The molecule has 2 heteroatoms. The Kier molecular flexibility index (Phi) is 8.30. The summed E-state index contributed by atoms with van der Waals surface area (Å²) in [7, 11) is 0. The van der Waals surface area contributed by atoms with Gasteiger partial charge < -0.3 is 4.74 Å². The summed E-state index contributed by atoms with van der Waals surface area (Å²) in [6.07, 6.45) is 8.59. The lowest BCUT2D eigenvalue weighted by molar-refractivity contribution is -0.138. The highest BCUT2D eigenvalue weighted by molar-refractivity contribution is 5.70. The summed E-state index contributed by atoms with van der Waals surface area (Å²) in [5, 5.41) is 0. The first-order valence-electron chi connectivity index (χ1n) is 5.51. The first-order chi connectivity index (χ1) is 6.66. The van der Waals surface area contributed by atoms with Crippen LogP contribution in [-0.2, 0) is 9.53 Å². The Hall–Kier alpha value is -0.790. The smallest absolute Gasteiger partial charge is 0.310 e. The van der Waals surface area contributed by atoms with Crippen molar-refractivity contribution in [2.24, 2.45) is 5.92 Å². The minimum atomic E-state index is -0.133. The third-order valence-corrected chi connectivity index (χ3v) is 1.84. The Bertz CT molecular complexity index is 171. The topological polar surface area (TPSA) is 26.3 Å². The molecule has 82 valence electrons. The van der Waals surface area contributed by atoms with Crippen molar-refractivity contribution in [1.82, 2.24) is 0 Å². The molecule has 2 nitrogen and oxygen atoms in total. The van der Waals surface area contributed by atoms with Crippen LogP contribution in [0, 0.1) is 5.92 Å². The van der Waals surface area contributed by atoms with Gasteiger partial charge in [-0.1, -0.05) is 33.6 Å². The molecule has 0 fully saturated rings. The average molecular weight is 198 g/mol. The fraction of sp³-hybridized carbons (Fsp3) is 0.750. The Morgan fingerprint density at radius 1 is 1.36 bits per heavy atom. The van der Waals surface area contributed by atoms with Crippen LogP contribution in [0.5, 0.6) is 0 Å². The highest BCUT2D eigenvalue weighted by Crippen LogP contribution is 2.02. The Morgan fingerprint density at radius 2 is 2.07 bits per heavy atom. The van der Waals surface area contributed by atoms with Crippen LogP contribution in [0.3, 0.4) is 0 Å². The van der Waals surface area contributed by atoms with Crippen molar-refractivity contribution in [1.29, 1.82) is 0 Å². The van der Waals surface area contributed by atoms with Gasteiger partial charge in [0.05, 0.1) is 6.26 Å². The number of hydrogen-bond donors (Lipinski definition) is 0. The highest BCUT2D eigenvalue weighted by atomic mass is 16.5. The lowest BCUT2D eigenvalue weighted by Gasteiger charge is -2.01. The molecule has 0 amide bonds. The molecule has 0 N–H and O–H groups in total. The van der Waals surface area contributed by atoms with Gasteiger partial charge in [0.15, 0.2) is 0 Å². The number of rotatable bonds is 7. The zero-order valence-electron chi connectivity index (χ0n) is 9.58. The van der Waals surface area contributed by atoms with E-state index in [9.17, 15) is 4.79 Å². The minimum absolute atomic E-state index is 0.133. The zero-order chi connectivity index (χ0) is 10.8. The van der Waals surface area contributed by atoms with Crippen molar-refractivity contribution < 1.29 is 9.53 Å². The van der Waals surface area contributed by atoms with E-state index < -0.39 is 0 Å². The van der Waals surface area contributed by atoms with Gasteiger partial charge in [0.1, 0.15) is 0 Å². The van der Waals surface area contributed by atoms with Crippen LogP contribution in [0.4, 0.5) is 0 Å². The van der Waals surface area contributed by atoms with E-state index in [1.54, 1.807) is 0 Å². The van der Waals surface area contributed by atoms with Gasteiger partial charge in [-0.05, 0) is 24.8 Å². The summed E-state index contributed by atoms with van der Waals surface area (Å²) < 4.78 is 4.91. The van der Waals surface area contributed by atoms with Gasteiger partial charge in [-0.25, -0.2) is 0 Å². The molecular weight excluding hydrogens is 176 g/mol. The lowest BCUT2D eigenvalue weighted by Crippen LogP contribution is -2.03. The van der Waals surface area contributed by atoms with Gasteiger partial charge in [0.25, 0.3) is 0 Å². The van der Waals surface area contributed by atoms with Gasteiger partial charge in [-0.2, -0.15) is 0 Å². The van der Waals surface area contributed by atoms with Crippen molar-refractivity contribution in [3.8, 4) is 0 Å². The summed E-state index contributed by atoms with van der Waals surface area (Å²) in [5.41, 5.74) is 0. The SMILES string of the molecule is CCCCCC=COC(=O)CC(C)C. The molecule has 0 aromatic rings. The first kappa shape index (κ1) is 13.2. The summed E-state index contributed by atoms with van der Waals surface area (Å²) >= 11 is 0. The van der Waals surface area contributed by atoms with Crippen LogP contribution in [0.1, 0.15) is 52.9 Å². The van der Waals surface area contributed by atoms with Crippen LogP contribution in [0.2, 0.25) is 0 Å². The van der Waals surface area contributed by atoms with Crippen LogP contribution in [-0.4, -0.2) is 5.97 Å². The van der Waals surface area contributed by atoms with Gasteiger partial charge in [-0.15, -0.1) is 0 Å². The number of carbonyl (C=O) groups is 1. The van der Waals surface area contributed by atoms with E-state index in [2.05, 4.69) is 6.92 Å². The largest absolute Gasteiger partial charge is 0.435 e. The van der Waals surface area contributed by atoms with Crippen LogP contribution in [0.25, 0.3) is 0 Å². The van der Waals surface area contributed by atoms with Crippen LogP contribution in [0.15, 0.2) is 12.3 Å². The van der Waals surface area contributed by atoms with E-state index in [0.717, 1.165) is 6.42 Å². The van der Waals surface area contributed by atoms with Crippen molar-refractivity contribution in [2.45, 2.75) is 52.9 Å². The average Bonchev–Trinajstić information content (AvgIpc) is 2.10. The molecule has 0 unspecified atom stereocenters. The second-order valence-electron chi connectivity index (χ2n) is 3.96. The molecule has 0 saturated carbocycles. The van der Waals surface area contributed by atoms with Crippen LogP contribution >= 0.6 is 0 Å². The minimum Gasteiger partial charge on any atom is -0.435 e. The van der Waals surface area contributed by atoms with E-state index >= 15 is 0 Å². The predicted octanol–water partition coefficient (Wildman–Crippen LogP) is 3.67. The number of unbranched alkanes of at least 4 members (excludes halogenated alkanes) is 3. The third-order valence-electron chi connectivity index (χ3n) is 1.84. The molecule has 0 rings (SSSR count). The molecule has 0 saturated heterocycles. The first-order valence-corrected chi connectivity index (χ1v) is 5.51. The van der Waals surface area contributed by atoms with Crippen molar-refractivity contribution in [3.05, 3.63) is 12.3 Å². The Labute approximate surface area is 87.3 Å². The van der Waals surface area contributed by atoms with Gasteiger partial charge >= 0.3 is 5.97 Å². The van der Waals surface area contributed by atoms with E-state index in [4.69, 9.17) is 4.74 Å². The van der Waals surface area contributed by atoms with Gasteiger partial charge in [-0.3, -0.25) is 4.79 Å². The van der Waals surface area contributed by atoms with Crippen molar-refractivity contribution >= 4 is 5.97 Å². The highest BCUT2D eigenvalue weighted by Gasteiger charge is 2.03. The van der Waals surface area contributed by atoms with E-state index in [1.807, 2.05) is 19.9 Å². The second-order valence-corrected chi connectivity index (χ2v) is 3.96. The fourth-order valence-corrected chi connectivity index (χ4v) is 1.09. The molecule has 0 aromatic heterocycles. The molecule has 0 aliphatic heterocycles. The molecule has 0 aliphatic rings. The predicted molar refractivity (Wildman–Crippen MR) is 58.8 cm³/mol. The quantitative estimate of drug-likeness (QED) is 0.354. The molecule has 0 aromatic carbocycles. The number of esters is 1. The van der Waals surface area contributed by atoms with E-state index in [1.165, 1.54) is 25.5 Å². The number of hydrogen-bond acceptors (Lipinski definition) is 2. The molecule has 0 heterocycles. The number of ether oxygens (including phenoxy) is 1. The third kappa shape index (κ3) is 9.30. The number of carbonyl (C=O) groups excluding carboxylic acids is 1. The monoisotopic (exact) mass is 198 g/mol. The maximum Gasteiger partial charge on any atom is 0.310 e. The van der Waals surface area contributed by atoms with E-state index in [0.29, 0.717) is 12.3 Å². The van der Waals surface area contributed by atoms with Gasteiger partial charge in [0, 0.05) is 6.42 Å². The van der Waals surface area contributed by atoms with Crippen LogP contribution < -0.4 is 0 Å². The molecule has 0 bridgehead atoms. The molecule has 14 heavy (non-hydrogen) atoms. The van der Waals surface area contributed by atoms with Crippen molar-refractivity contribution in [2.75, 3.05) is 0 Å². The zero-order valence-corrected chi connectivity index (χ0v) is 9.58. The maximum atomic E-state index is 11.1. The summed E-state index contributed by atoms with van der Waals surface area (Å²) in [5.74, 6) is 0.239. The molecule has 0 aliphatic carbocycles. The Morgan fingerprint density at radius 3 is 2.64 bits per heavy atom. The summed E-state index contributed by atoms with van der Waals surface area (Å²) in [4.78, 5) is 11.1. The van der Waals surface area contributed by atoms with Gasteiger partial charge in [0.2, 0.25) is 0 Å². The summed E-state index contributed by atoms with van der Waals surface area (Å²) in [6.45, 7) is 6.19. The molecule has 0 atom stereocenters. The molecular formula is C12H22O2. The fourth-order valence-electron chi connectivity index (χ4n) is 1.09. The molecule has 0 radical (unpaired) electrons. The number of allylic oxidation sites excluding steroid dienone is 1. The lowest BCUT2D eigenvalue weighted by atomic mass is 10.1. The Balaban J connectivity index is 3.37. The molecule has 0 spiro atoms.